The molecule has 32 heavy (non-hydrogen) atoms. The molecule has 3 aromatic rings. The molecule has 0 aliphatic rings. The zero-order valence-electron chi connectivity index (χ0n) is 17.7. The van der Waals surface area contributed by atoms with Crippen LogP contribution in [0.5, 0.6) is 0 Å². The number of anilines is 1. The van der Waals surface area contributed by atoms with Crippen molar-refractivity contribution < 1.29 is 19.1 Å². The fraction of sp³-hybridized carbons (Fsp3) is 0.250. The van der Waals surface area contributed by atoms with Gasteiger partial charge in [-0.05, 0) is 37.6 Å². The molecule has 1 unspecified atom stereocenters. The predicted octanol–water partition coefficient (Wildman–Crippen LogP) is 3.79. The minimum atomic E-state index is -2.50. The first-order valence-electron chi connectivity index (χ1n) is 9.62. The van der Waals surface area contributed by atoms with Crippen LogP contribution in [-0.4, -0.2) is 50.1 Å². The Bertz CT molecular complexity index is 1150. The molecular formula is C20H23N6O4PS. The Balaban J connectivity index is 2.03. The van der Waals surface area contributed by atoms with Crippen LogP contribution in [0.15, 0.2) is 42.2 Å². The van der Waals surface area contributed by atoms with Crippen molar-refractivity contribution in [2.45, 2.75) is 20.0 Å². The topological polar surface area (TPSA) is 142 Å². The lowest BCUT2D eigenvalue weighted by Crippen LogP contribution is -2.28. The van der Waals surface area contributed by atoms with E-state index >= 15 is 0 Å². The van der Waals surface area contributed by atoms with E-state index in [0.717, 1.165) is 21.4 Å². The molecule has 10 nitrogen and oxygen atoms in total. The highest BCUT2D eigenvalue weighted by molar-refractivity contribution is 7.39. The summed E-state index contributed by atoms with van der Waals surface area (Å²) in [5.41, 5.74) is 3.72. The highest BCUT2D eigenvalue weighted by Crippen LogP contribution is 2.35. The van der Waals surface area contributed by atoms with Gasteiger partial charge in [0, 0.05) is 37.1 Å². The number of hydrogen-bond acceptors (Lipinski definition) is 9. The van der Waals surface area contributed by atoms with Crippen LogP contribution in [0.1, 0.15) is 31.3 Å². The van der Waals surface area contributed by atoms with Gasteiger partial charge in [-0.3, -0.25) is 10.3 Å². The summed E-state index contributed by atoms with van der Waals surface area (Å²) < 4.78 is 5.81. The minimum Gasteiger partial charge on any atom is -0.338 e. The second-order valence-electron chi connectivity index (χ2n) is 6.52. The molecule has 0 bridgehead atoms. The molecule has 0 aliphatic carbocycles. The van der Waals surface area contributed by atoms with Crippen molar-refractivity contribution in [3.63, 3.8) is 0 Å². The van der Waals surface area contributed by atoms with Crippen LogP contribution >= 0.6 is 19.9 Å². The molecule has 2 amide bonds. The van der Waals surface area contributed by atoms with E-state index in [0.29, 0.717) is 28.7 Å². The maximum atomic E-state index is 11.9. The number of rotatable bonds is 8. The highest BCUT2D eigenvalue weighted by Gasteiger charge is 2.17. The Kier molecular flexibility index (Phi) is 7.94. The summed E-state index contributed by atoms with van der Waals surface area (Å²) in [5.74, 6) is 0.328. The first kappa shape index (κ1) is 23.8. The maximum Gasteiger partial charge on any atom is 0.327 e. The first-order chi connectivity index (χ1) is 15.4. The molecule has 0 aliphatic heterocycles. The summed E-state index contributed by atoms with van der Waals surface area (Å²) in [6.07, 6.45) is 4.25. The van der Waals surface area contributed by atoms with E-state index in [1.165, 1.54) is 11.3 Å². The molecule has 168 valence electrons. The second-order valence-corrected chi connectivity index (χ2v) is 8.23. The average Bonchev–Trinajstić information content (AvgIpc) is 3.16. The molecule has 2 heterocycles. The number of benzene rings is 1. The number of amides is 2. The van der Waals surface area contributed by atoms with Crippen molar-refractivity contribution in [2.24, 2.45) is 4.99 Å². The predicted molar refractivity (Wildman–Crippen MR) is 127 cm³/mol. The number of allylic oxidation sites excluding steroid dienone is 1. The lowest BCUT2D eigenvalue weighted by Gasteiger charge is -2.12. The summed E-state index contributed by atoms with van der Waals surface area (Å²) in [6, 6.07) is 3.50. The Morgan fingerprint density at radius 1 is 1.34 bits per heavy atom. The molecule has 0 spiro atoms. The summed E-state index contributed by atoms with van der Waals surface area (Å²) in [6.45, 7) is 7.82. The van der Waals surface area contributed by atoms with Gasteiger partial charge in [-0.1, -0.05) is 17.9 Å². The van der Waals surface area contributed by atoms with Crippen LogP contribution in [0.4, 0.5) is 9.93 Å². The number of carbonyl (C=O) groups excluding carboxylic acids is 1. The molecule has 1 atom stereocenters. The Hall–Kier alpha value is -2.82. The van der Waals surface area contributed by atoms with E-state index < -0.39 is 14.7 Å². The van der Waals surface area contributed by atoms with Crippen molar-refractivity contribution in [3.8, 4) is 11.1 Å². The van der Waals surface area contributed by atoms with Gasteiger partial charge in [0.2, 0.25) is 0 Å². The number of aliphatic imine (C=N–C) groups is 1. The number of aromatic nitrogens is 3. The van der Waals surface area contributed by atoms with E-state index in [4.69, 9.17) is 14.3 Å². The largest absolute Gasteiger partial charge is 0.338 e. The third-order valence-electron chi connectivity index (χ3n) is 4.38. The monoisotopic (exact) mass is 474 g/mol. The number of nitrogens with one attached hydrogen (secondary N) is 2. The van der Waals surface area contributed by atoms with Crippen molar-refractivity contribution in [1.29, 1.82) is 0 Å². The van der Waals surface area contributed by atoms with E-state index in [1.54, 1.807) is 32.4 Å². The van der Waals surface area contributed by atoms with E-state index in [-0.39, 0.29) is 6.03 Å². The van der Waals surface area contributed by atoms with Gasteiger partial charge in [0.25, 0.3) is 0 Å². The highest BCUT2D eigenvalue weighted by atomic mass is 32.1. The number of carbonyl (C=O) groups is 1. The molecule has 12 heteroatoms. The lowest BCUT2D eigenvalue weighted by atomic mass is 10.0. The Morgan fingerprint density at radius 2 is 2.06 bits per heavy atom. The lowest BCUT2D eigenvalue weighted by molar-refractivity contribution is 0.181. The van der Waals surface area contributed by atoms with Crippen molar-refractivity contribution in [1.82, 2.24) is 20.3 Å². The molecule has 3 rings (SSSR count). The molecule has 0 fully saturated rings. The normalized spacial score (nSPS) is 12.8. The number of urea groups is 1. The van der Waals surface area contributed by atoms with Gasteiger partial charge < -0.3 is 19.6 Å². The van der Waals surface area contributed by atoms with Crippen LogP contribution < -0.4 is 10.6 Å². The van der Waals surface area contributed by atoms with E-state index in [9.17, 15) is 4.79 Å². The fourth-order valence-corrected chi connectivity index (χ4v) is 4.29. The number of nitrogens with zero attached hydrogens (tertiary/aromatic N) is 4. The van der Waals surface area contributed by atoms with Crippen LogP contribution in [0.25, 0.3) is 21.3 Å². The molecule has 0 saturated carbocycles. The van der Waals surface area contributed by atoms with Crippen LogP contribution in [0, 0.1) is 0 Å². The number of thiazole rings is 1. The van der Waals surface area contributed by atoms with Gasteiger partial charge in [0.05, 0.1) is 15.9 Å². The summed E-state index contributed by atoms with van der Waals surface area (Å²) in [4.78, 5) is 47.4. The third-order valence-corrected chi connectivity index (χ3v) is 5.90. The second kappa shape index (κ2) is 10.7. The van der Waals surface area contributed by atoms with E-state index in [2.05, 4.69) is 37.2 Å². The summed E-state index contributed by atoms with van der Waals surface area (Å²) in [7, 11) is -0.820. The van der Waals surface area contributed by atoms with Gasteiger partial charge >= 0.3 is 14.6 Å². The van der Waals surface area contributed by atoms with Crippen LogP contribution in [0.3, 0.4) is 0 Å². The van der Waals surface area contributed by atoms with Crippen molar-refractivity contribution >= 4 is 47.0 Å². The smallest absolute Gasteiger partial charge is 0.327 e. The maximum absolute atomic E-state index is 11.9. The molecule has 4 N–H and O–H groups in total. The first-order valence-corrected chi connectivity index (χ1v) is 11.6. The Morgan fingerprint density at radius 3 is 2.66 bits per heavy atom. The molecule has 2 aromatic heterocycles. The number of fused-ring (bicyclic) bond motifs is 1. The van der Waals surface area contributed by atoms with E-state index in [1.807, 2.05) is 19.1 Å². The van der Waals surface area contributed by atoms with Gasteiger partial charge in [-0.25, -0.2) is 19.7 Å². The van der Waals surface area contributed by atoms with Gasteiger partial charge in [-0.2, -0.15) is 0 Å². The van der Waals surface area contributed by atoms with Gasteiger partial charge in [0.15, 0.2) is 11.0 Å². The fourth-order valence-electron chi connectivity index (χ4n) is 2.95. The van der Waals surface area contributed by atoms with Crippen molar-refractivity contribution in [3.05, 3.63) is 48.6 Å². The quantitative estimate of drug-likeness (QED) is 0.287. The third kappa shape index (κ3) is 5.50. The van der Waals surface area contributed by atoms with Crippen LogP contribution in [-0.2, 0) is 4.52 Å². The van der Waals surface area contributed by atoms with Crippen molar-refractivity contribution in [2.75, 3.05) is 18.9 Å². The standard InChI is InChI=1S/C20H23N6O4PS/c1-5-15(21-4)14-7-12(13-9-23-18(24-10-13)11(3)30-31(28)29)8-16-17(14)32-20(25-16)26-19(27)22-6-2/h5,7-11,28-29H,1,6H2,2-4H3,(H2,22,25,26,27). The SMILES string of the molecule is C=CC(=NC)c1cc(-c2cnc(C(C)OP(O)O)nc2)cc2nc(NC(=O)NCC)sc12. The molecule has 0 radical (unpaired) electrons. The van der Waals surface area contributed by atoms with Gasteiger partial charge in [0.1, 0.15) is 6.10 Å². The minimum absolute atomic E-state index is 0.323. The zero-order chi connectivity index (χ0) is 23.3. The molecular weight excluding hydrogens is 451 g/mol. The number of hydrogen-bond donors (Lipinski definition) is 4. The Labute approximate surface area is 190 Å². The zero-order valence-corrected chi connectivity index (χ0v) is 19.4. The summed E-state index contributed by atoms with van der Waals surface area (Å²) >= 11 is 1.35. The summed E-state index contributed by atoms with van der Waals surface area (Å²) in [5, 5.41) is 5.89. The van der Waals surface area contributed by atoms with Crippen LogP contribution in [0.2, 0.25) is 0 Å². The average molecular weight is 474 g/mol. The van der Waals surface area contributed by atoms with Gasteiger partial charge in [-0.15, -0.1) is 0 Å². The molecule has 1 aromatic carbocycles. The molecule has 0 saturated heterocycles.